The lowest BCUT2D eigenvalue weighted by Crippen LogP contribution is -2.46. The van der Waals surface area contributed by atoms with Crippen LogP contribution in [0.3, 0.4) is 0 Å². The molecule has 1 aliphatic carbocycles. The molecule has 0 spiro atoms. The highest BCUT2D eigenvalue weighted by molar-refractivity contribution is 6.35. The van der Waals surface area contributed by atoms with Gasteiger partial charge in [-0.15, -0.1) is 0 Å². The number of nitrogens with zero attached hydrogens (tertiary/aromatic N) is 2. The smallest absolute Gasteiger partial charge is 0.374 e. The lowest BCUT2D eigenvalue weighted by Gasteiger charge is -2.29. The molecule has 0 saturated heterocycles. The molecule has 1 N–H and O–H groups in total. The summed E-state index contributed by atoms with van der Waals surface area (Å²) in [5.41, 5.74) is -3.67. The number of hydrogen-bond acceptors (Lipinski definition) is 5. The van der Waals surface area contributed by atoms with E-state index in [0.717, 1.165) is 12.1 Å². The monoisotopic (exact) mass is 641 g/mol. The molecule has 16 heteroatoms. The summed E-state index contributed by atoms with van der Waals surface area (Å²) in [6.45, 7) is -1.20. The Balaban J connectivity index is 1.59. The Morgan fingerprint density at radius 3 is 2.21 bits per heavy atom. The molecule has 1 heterocycles. The third kappa shape index (κ3) is 6.48. The van der Waals surface area contributed by atoms with Crippen LogP contribution in [0.2, 0.25) is 10.0 Å². The zero-order valence-electron chi connectivity index (χ0n) is 21.4. The Labute approximate surface area is 243 Å². The molecular formula is C26H20Cl2F7N3O4. The fourth-order valence-electron chi connectivity index (χ4n) is 4.27. The molecule has 2 aromatic rings. The van der Waals surface area contributed by atoms with E-state index >= 15 is 0 Å². The van der Waals surface area contributed by atoms with Gasteiger partial charge in [0.1, 0.15) is 13.1 Å². The Morgan fingerprint density at radius 1 is 1.07 bits per heavy atom. The van der Waals surface area contributed by atoms with Gasteiger partial charge < -0.3 is 10.2 Å². The second-order valence-corrected chi connectivity index (χ2v) is 10.6. The van der Waals surface area contributed by atoms with Gasteiger partial charge in [-0.2, -0.15) is 26.3 Å². The van der Waals surface area contributed by atoms with Crippen molar-refractivity contribution < 1.29 is 50.0 Å². The minimum Gasteiger partial charge on any atom is -0.374 e. The Hall–Kier alpha value is -3.39. The summed E-state index contributed by atoms with van der Waals surface area (Å²) in [6, 6.07) is 5.20. The first kappa shape index (κ1) is 31.5. The van der Waals surface area contributed by atoms with E-state index in [9.17, 15) is 45.1 Å². The fraction of sp³-hybridized carbons (Fsp3) is 0.385. The van der Waals surface area contributed by atoms with Gasteiger partial charge in [-0.3, -0.25) is 19.3 Å². The summed E-state index contributed by atoms with van der Waals surface area (Å²) in [5, 5.41) is 3.89. The predicted molar refractivity (Wildman–Crippen MR) is 135 cm³/mol. The number of imide groups is 1. The Kier molecular flexibility index (Phi) is 8.53. The van der Waals surface area contributed by atoms with Crippen LogP contribution < -0.4 is 5.32 Å². The topological polar surface area (TPSA) is 88.1 Å². The number of benzene rings is 2. The lowest BCUT2D eigenvalue weighted by atomic mass is 9.86. The van der Waals surface area contributed by atoms with Crippen molar-refractivity contribution in [3.63, 3.8) is 0 Å². The number of oxime groups is 1. The summed E-state index contributed by atoms with van der Waals surface area (Å²) in [6.07, 6.45) is -9.74. The number of rotatable bonds is 7. The van der Waals surface area contributed by atoms with E-state index in [1.54, 1.807) is 5.32 Å². The van der Waals surface area contributed by atoms with Gasteiger partial charge in [0.05, 0.1) is 15.8 Å². The molecule has 2 aliphatic rings. The van der Waals surface area contributed by atoms with Gasteiger partial charge >= 0.3 is 12.4 Å². The summed E-state index contributed by atoms with van der Waals surface area (Å²) >= 11 is 11.4. The number of amides is 3. The van der Waals surface area contributed by atoms with Crippen molar-refractivity contribution in [3.8, 4) is 0 Å². The zero-order chi connectivity index (χ0) is 31.2. The van der Waals surface area contributed by atoms with Gasteiger partial charge in [0, 0.05) is 23.5 Å². The Morgan fingerprint density at radius 2 is 1.69 bits per heavy atom. The molecule has 1 aliphatic heterocycles. The van der Waals surface area contributed by atoms with Gasteiger partial charge in [0.2, 0.25) is 11.8 Å². The van der Waals surface area contributed by atoms with E-state index in [1.807, 2.05) is 0 Å². The van der Waals surface area contributed by atoms with E-state index < -0.39 is 82.5 Å². The number of hydrogen-bond donors (Lipinski definition) is 1. The van der Waals surface area contributed by atoms with E-state index in [4.69, 9.17) is 28.0 Å². The maximum atomic E-state index is 14.3. The molecule has 1 atom stereocenters. The minimum atomic E-state index is -5.05. The molecule has 1 saturated carbocycles. The van der Waals surface area contributed by atoms with E-state index in [1.165, 1.54) is 25.1 Å². The molecular weight excluding hydrogens is 622 g/mol. The van der Waals surface area contributed by atoms with Gasteiger partial charge in [-0.1, -0.05) is 34.4 Å². The molecule has 4 rings (SSSR count). The first-order chi connectivity index (χ1) is 19.4. The van der Waals surface area contributed by atoms with Crippen LogP contribution in [0, 0.1) is 18.7 Å². The number of halogens is 9. The van der Waals surface area contributed by atoms with Crippen molar-refractivity contribution in [1.82, 2.24) is 10.2 Å². The standard InChI is InChI=1S/C26H20Cl2F7N3O4/c1-12-6-14(19-9-24(42-37-19,26(33,34)35)15-7-17(27)21(29)18(28)8-15)4-5-16(12)23(41)38(22(40)13-2-3-13)10-20(39)36-11-25(30,31)32/h4-8,13H,2-3,9-11H2,1H3,(H,36,39). The lowest BCUT2D eigenvalue weighted by molar-refractivity contribution is -0.275. The highest BCUT2D eigenvalue weighted by Crippen LogP contribution is 2.50. The van der Waals surface area contributed by atoms with Crippen molar-refractivity contribution >= 4 is 46.6 Å². The maximum absolute atomic E-state index is 14.3. The first-order valence-corrected chi connectivity index (χ1v) is 13.0. The Bertz CT molecular complexity index is 1450. The summed E-state index contributed by atoms with van der Waals surface area (Å²) in [4.78, 5) is 43.5. The largest absolute Gasteiger partial charge is 0.435 e. The number of nitrogens with one attached hydrogen (secondary N) is 1. The second-order valence-electron chi connectivity index (χ2n) is 9.81. The SMILES string of the molecule is Cc1cc(C2=NOC(c3cc(Cl)c(F)c(Cl)c3)(C(F)(F)F)C2)ccc1C(=O)N(CC(=O)NCC(F)(F)F)C(=O)C1CC1. The van der Waals surface area contributed by atoms with Gasteiger partial charge in [0.25, 0.3) is 11.5 Å². The molecule has 0 radical (unpaired) electrons. The summed E-state index contributed by atoms with van der Waals surface area (Å²) in [5.74, 6) is -4.57. The molecule has 0 aromatic heterocycles. The highest BCUT2D eigenvalue weighted by Gasteiger charge is 2.62. The average Bonchev–Trinajstić information content (AvgIpc) is 3.64. The van der Waals surface area contributed by atoms with Crippen LogP contribution in [0.4, 0.5) is 30.7 Å². The average molecular weight is 642 g/mol. The second kappa shape index (κ2) is 11.4. The van der Waals surface area contributed by atoms with Gasteiger partial charge in [-0.25, -0.2) is 4.39 Å². The number of aryl methyl sites for hydroxylation is 1. The molecule has 1 unspecified atom stereocenters. The fourth-order valence-corrected chi connectivity index (χ4v) is 4.76. The molecule has 2 aromatic carbocycles. The van der Waals surface area contributed by atoms with Crippen LogP contribution in [0.25, 0.3) is 0 Å². The maximum Gasteiger partial charge on any atom is 0.435 e. The normalized spacial score (nSPS) is 18.8. The van der Waals surface area contributed by atoms with E-state index in [0.29, 0.717) is 17.7 Å². The summed E-state index contributed by atoms with van der Waals surface area (Å²) in [7, 11) is 0. The molecule has 1 fully saturated rings. The first-order valence-electron chi connectivity index (χ1n) is 12.2. The van der Waals surface area contributed by atoms with Crippen molar-refractivity contribution in [3.05, 3.63) is 68.4 Å². The van der Waals surface area contributed by atoms with Crippen LogP contribution in [0.5, 0.6) is 0 Å². The van der Waals surface area contributed by atoms with Crippen LogP contribution in [0.1, 0.15) is 46.3 Å². The minimum absolute atomic E-state index is 0.109. The van der Waals surface area contributed by atoms with E-state index in [2.05, 4.69) is 5.16 Å². The van der Waals surface area contributed by atoms with Crippen LogP contribution in [-0.2, 0) is 20.0 Å². The van der Waals surface area contributed by atoms with Crippen molar-refractivity contribution in [1.29, 1.82) is 0 Å². The van der Waals surface area contributed by atoms with Crippen LogP contribution in [0.15, 0.2) is 35.5 Å². The quantitative estimate of drug-likeness (QED) is 0.226. The highest BCUT2D eigenvalue weighted by atomic mass is 35.5. The van der Waals surface area contributed by atoms with Crippen molar-refractivity contribution in [2.24, 2.45) is 11.1 Å². The third-order valence-corrected chi connectivity index (χ3v) is 7.20. The van der Waals surface area contributed by atoms with Crippen molar-refractivity contribution in [2.45, 2.75) is 44.1 Å². The van der Waals surface area contributed by atoms with Crippen LogP contribution in [-0.4, -0.2) is 53.8 Å². The van der Waals surface area contributed by atoms with Crippen LogP contribution >= 0.6 is 23.2 Å². The molecule has 42 heavy (non-hydrogen) atoms. The van der Waals surface area contributed by atoms with E-state index in [-0.39, 0.29) is 22.4 Å². The molecule has 7 nitrogen and oxygen atoms in total. The number of alkyl halides is 6. The van der Waals surface area contributed by atoms with Gasteiger partial charge in [-0.05, 0) is 55.2 Å². The molecule has 3 amide bonds. The molecule has 226 valence electrons. The summed E-state index contributed by atoms with van der Waals surface area (Å²) < 4.78 is 94.3. The predicted octanol–water partition coefficient (Wildman–Crippen LogP) is 6.08. The zero-order valence-corrected chi connectivity index (χ0v) is 22.9. The number of carbonyl (C=O) groups is 3. The third-order valence-electron chi connectivity index (χ3n) is 6.65. The van der Waals surface area contributed by atoms with Gasteiger partial charge in [0.15, 0.2) is 5.82 Å². The number of carbonyl (C=O) groups excluding carboxylic acids is 3. The van der Waals surface area contributed by atoms with Crippen molar-refractivity contribution in [2.75, 3.05) is 13.1 Å². The molecule has 0 bridgehead atoms.